The number of hydrogen-bond acceptors (Lipinski definition) is 5. The van der Waals surface area contributed by atoms with Crippen LogP contribution < -0.4 is 5.32 Å². The lowest BCUT2D eigenvalue weighted by atomic mass is 9.98. The Hall–Kier alpha value is -1.01. The molecule has 1 aliphatic heterocycles. The molecule has 0 aromatic carbocycles. The summed E-state index contributed by atoms with van der Waals surface area (Å²) >= 11 is 1.38. The van der Waals surface area contributed by atoms with Crippen molar-refractivity contribution in [3.05, 3.63) is 10.6 Å². The maximum Gasteiger partial charge on any atom is 0.220 e. The summed E-state index contributed by atoms with van der Waals surface area (Å²) in [6, 6.07) is 0.570. The number of amides is 1. The van der Waals surface area contributed by atoms with E-state index in [-0.39, 0.29) is 5.91 Å². The largest absolute Gasteiger partial charge is 0.351 e. The number of nitrogens with one attached hydrogen (secondary N) is 1. The van der Waals surface area contributed by atoms with Crippen molar-refractivity contribution in [2.45, 2.75) is 64.5 Å². The first-order chi connectivity index (χ1) is 10.1. The SMILES string of the molecule is CC(C)c1nnsc1CNC(=O)CC[C@@H]1CCCCN1C. The zero-order valence-electron chi connectivity index (χ0n) is 13.3. The van der Waals surface area contributed by atoms with Crippen LogP contribution in [0, 0.1) is 0 Å². The molecule has 1 fully saturated rings. The van der Waals surface area contributed by atoms with Crippen molar-refractivity contribution in [1.29, 1.82) is 0 Å². The summed E-state index contributed by atoms with van der Waals surface area (Å²) in [5.41, 5.74) is 1.01. The quantitative estimate of drug-likeness (QED) is 0.877. The highest BCUT2D eigenvalue weighted by molar-refractivity contribution is 7.05. The molecule has 2 rings (SSSR count). The molecular weight excluding hydrogens is 284 g/mol. The molecule has 0 bridgehead atoms. The molecule has 5 nitrogen and oxygen atoms in total. The molecule has 1 aliphatic rings. The molecule has 1 saturated heterocycles. The van der Waals surface area contributed by atoms with Gasteiger partial charge in [-0.05, 0) is 50.3 Å². The fourth-order valence-corrected chi connectivity index (χ4v) is 3.58. The second-order valence-corrected chi connectivity index (χ2v) is 7.02. The van der Waals surface area contributed by atoms with Crippen molar-refractivity contribution in [1.82, 2.24) is 19.8 Å². The second kappa shape index (κ2) is 7.84. The standard InChI is InChI=1S/C15H26N4OS/c1-11(2)15-13(21-18-17-15)10-16-14(20)8-7-12-6-4-5-9-19(12)3/h11-12H,4-10H2,1-3H3,(H,16,20)/t12-/m0/s1. The van der Waals surface area contributed by atoms with Gasteiger partial charge in [-0.3, -0.25) is 4.79 Å². The van der Waals surface area contributed by atoms with Crippen molar-refractivity contribution in [2.75, 3.05) is 13.6 Å². The van der Waals surface area contributed by atoms with Crippen LogP contribution in [0.2, 0.25) is 0 Å². The molecule has 21 heavy (non-hydrogen) atoms. The van der Waals surface area contributed by atoms with E-state index in [1.54, 1.807) is 0 Å². The average Bonchev–Trinajstić information content (AvgIpc) is 2.93. The smallest absolute Gasteiger partial charge is 0.220 e. The third kappa shape index (κ3) is 4.74. The molecule has 1 amide bonds. The van der Waals surface area contributed by atoms with Crippen LogP contribution in [-0.2, 0) is 11.3 Å². The second-order valence-electron chi connectivity index (χ2n) is 6.18. The molecule has 1 aromatic heterocycles. The maximum atomic E-state index is 12.0. The summed E-state index contributed by atoms with van der Waals surface area (Å²) in [7, 11) is 2.17. The summed E-state index contributed by atoms with van der Waals surface area (Å²) in [4.78, 5) is 15.5. The normalized spacial score (nSPS) is 19.9. The third-order valence-corrected chi connectivity index (χ3v) is 4.94. The van der Waals surface area contributed by atoms with Crippen molar-refractivity contribution < 1.29 is 4.79 Å². The molecule has 0 unspecified atom stereocenters. The fraction of sp³-hybridized carbons (Fsp3) is 0.800. The number of aromatic nitrogens is 2. The third-order valence-electron chi connectivity index (χ3n) is 4.20. The molecule has 2 heterocycles. The van der Waals surface area contributed by atoms with Crippen LogP contribution in [0.1, 0.15) is 62.4 Å². The van der Waals surface area contributed by atoms with Crippen LogP contribution in [0.4, 0.5) is 0 Å². The molecule has 0 spiro atoms. The topological polar surface area (TPSA) is 58.1 Å². The summed E-state index contributed by atoms with van der Waals surface area (Å²) in [5, 5.41) is 7.14. The Labute approximate surface area is 131 Å². The number of likely N-dealkylation sites (tertiary alicyclic amines) is 1. The van der Waals surface area contributed by atoms with Crippen LogP contribution >= 0.6 is 11.5 Å². The van der Waals surface area contributed by atoms with E-state index in [0.29, 0.717) is 24.9 Å². The first kappa shape index (κ1) is 16.4. The predicted molar refractivity (Wildman–Crippen MR) is 85.3 cm³/mol. The maximum absolute atomic E-state index is 12.0. The van der Waals surface area contributed by atoms with Crippen LogP contribution in [0.25, 0.3) is 0 Å². The lowest BCUT2D eigenvalue weighted by Crippen LogP contribution is -2.37. The first-order valence-corrected chi connectivity index (χ1v) is 8.63. The van der Waals surface area contributed by atoms with Crippen LogP contribution in [-0.4, -0.2) is 40.0 Å². The molecular formula is C15H26N4OS. The highest BCUT2D eigenvalue weighted by Crippen LogP contribution is 2.20. The molecule has 1 atom stereocenters. The van der Waals surface area contributed by atoms with Gasteiger partial charge in [0.15, 0.2) is 0 Å². The van der Waals surface area contributed by atoms with Crippen molar-refractivity contribution in [3.8, 4) is 0 Å². The summed E-state index contributed by atoms with van der Waals surface area (Å²) in [6.07, 6.45) is 5.37. The number of carbonyl (C=O) groups is 1. The van der Waals surface area contributed by atoms with Gasteiger partial charge in [0.2, 0.25) is 5.91 Å². The fourth-order valence-electron chi connectivity index (χ4n) is 2.85. The number of hydrogen-bond donors (Lipinski definition) is 1. The molecule has 0 radical (unpaired) electrons. The van der Waals surface area contributed by atoms with Gasteiger partial charge in [-0.15, -0.1) is 5.10 Å². The Morgan fingerprint density at radius 3 is 3.00 bits per heavy atom. The molecule has 0 aliphatic carbocycles. The zero-order chi connectivity index (χ0) is 15.2. The van der Waals surface area contributed by atoms with Crippen molar-refractivity contribution in [3.63, 3.8) is 0 Å². The van der Waals surface area contributed by atoms with E-state index in [1.165, 1.54) is 30.8 Å². The Balaban J connectivity index is 1.73. The van der Waals surface area contributed by atoms with Gasteiger partial charge >= 0.3 is 0 Å². The summed E-state index contributed by atoms with van der Waals surface area (Å²) in [5.74, 6) is 0.489. The van der Waals surface area contributed by atoms with Gasteiger partial charge in [0.05, 0.1) is 17.1 Å². The zero-order valence-corrected chi connectivity index (χ0v) is 14.1. The summed E-state index contributed by atoms with van der Waals surface area (Å²) in [6.45, 7) is 5.92. The number of nitrogens with zero attached hydrogens (tertiary/aromatic N) is 3. The highest BCUT2D eigenvalue weighted by atomic mass is 32.1. The highest BCUT2D eigenvalue weighted by Gasteiger charge is 2.19. The Kier molecular flexibility index (Phi) is 6.11. The van der Waals surface area contributed by atoms with E-state index in [0.717, 1.165) is 23.5 Å². The minimum absolute atomic E-state index is 0.136. The monoisotopic (exact) mass is 310 g/mol. The van der Waals surface area contributed by atoms with Crippen molar-refractivity contribution in [2.24, 2.45) is 0 Å². The van der Waals surface area contributed by atoms with Gasteiger partial charge in [-0.2, -0.15) is 0 Å². The lowest BCUT2D eigenvalue weighted by molar-refractivity contribution is -0.121. The van der Waals surface area contributed by atoms with Crippen LogP contribution in [0.15, 0.2) is 0 Å². The Bertz CT molecular complexity index is 460. The van der Waals surface area contributed by atoms with E-state index < -0.39 is 0 Å². The molecule has 6 heteroatoms. The van der Waals surface area contributed by atoms with E-state index in [1.807, 2.05) is 0 Å². The predicted octanol–water partition coefficient (Wildman–Crippen LogP) is 2.54. The van der Waals surface area contributed by atoms with Gasteiger partial charge < -0.3 is 10.2 Å². The molecule has 1 N–H and O–H groups in total. The average molecular weight is 310 g/mol. The minimum atomic E-state index is 0.136. The number of rotatable bonds is 6. The van der Waals surface area contributed by atoms with Crippen molar-refractivity contribution >= 4 is 17.4 Å². The van der Waals surface area contributed by atoms with Crippen LogP contribution in [0.5, 0.6) is 0 Å². The van der Waals surface area contributed by atoms with E-state index in [4.69, 9.17) is 0 Å². The molecule has 0 saturated carbocycles. The van der Waals surface area contributed by atoms with Gasteiger partial charge in [-0.1, -0.05) is 24.8 Å². The molecule has 1 aromatic rings. The number of carbonyl (C=O) groups excluding carboxylic acids is 1. The van der Waals surface area contributed by atoms with E-state index in [2.05, 4.69) is 40.7 Å². The van der Waals surface area contributed by atoms with Crippen LogP contribution in [0.3, 0.4) is 0 Å². The lowest BCUT2D eigenvalue weighted by Gasteiger charge is -2.32. The van der Waals surface area contributed by atoms with Gasteiger partial charge in [-0.25, -0.2) is 0 Å². The Morgan fingerprint density at radius 1 is 1.48 bits per heavy atom. The summed E-state index contributed by atoms with van der Waals surface area (Å²) < 4.78 is 3.98. The first-order valence-electron chi connectivity index (χ1n) is 7.86. The Morgan fingerprint density at radius 2 is 2.29 bits per heavy atom. The molecule has 118 valence electrons. The number of piperidine rings is 1. The van der Waals surface area contributed by atoms with E-state index >= 15 is 0 Å². The van der Waals surface area contributed by atoms with E-state index in [9.17, 15) is 4.79 Å². The minimum Gasteiger partial charge on any atom is -0.351 e. The van der Waals surface area contributed by atoms with Gasteiger partial charge in [0.1, 0.15) is 0 Å². The van der Waals surface area contributed by atoms with Gasteiger partial charge in [0, 0.05) is 12.5 Å². The van der Waals surface area contributed by atoms with Gasteiger partial charge in [0.25, 0.3) is 0 Å².